The summed E-state index contributed by atoms with van der Waals surface area (Å²) in [7, 11) is 1.61. The number of nitrogens with zero attached hydrogens (tertiary/aromatic N) is 1. The molecule has 0 radical (unpaired) electrons. The maximum Gasteiger partial charge on any atom is 0.338 e. The summed E-state index contributed by atoms with van der Waals surface area (Å²) in [6, 6.07) is 10.2. The fraction of sp³-hybridized carbons (Fsp3) is 0.200. The van der Waals surface area contributed by atoms with Crippen LogP contribution in [0.1, 0.15) is 10.4 Å². The Morgan fingerprint density at radius 1 is 1.24 bits per heavy atom. The number of pyridine rings is 1. The van der Waals surface area contributed by atoms with Gasteiger partial charge in [0.15, 0.2) is 0 Å². The number of esters is 1. The summed E-state index contributed by atoms with van der Waals surface area (Å²) < 4.78 is 12.8. The zero-order valence-corrected chi connectivity index (χ0v) is 13.0. The second-order valence-electron chi connectivity index (χ2n) is 4.31. The average Bonchev–Trinajstić information content (AvgIpc) is 2.46. The van der Waals surface area contributed by atoms with Gasteiger partial charge in [0.2, 0.25) is 0 Å². The Morgan fingerprint density at radius 3 is 2.76 bits per heavy atom. The molecule has 0 amide bonds. The van der Waals surface area contributed by atoms with Gasteiger partial charge in [0.05, 0.1) is 5.56 Å². The Labute approximate surface area is 130 Å². The van der Waals surface area contributed by atoms with Crippen LogP contribution in [0.15, 0.2) is 51.9 Å². The molecule has 0 bridgehead atoms. The molecular weight excluding hydrogens is 338 g/mol. The number of halogens is 1. The highest BCUT2D eigenvalue weighted by Gasteiger charge is 2.08. The SMILES string of the molecule is Cn1ccc(C(=O)OCCOc2cccc(Br)c2)cc1=O. The lowest BCUT2D eigenvalue weighted by atomic mass is 10.3. The van der Waals surface area contributed by atoms with E-state index in [2.05, 4.69) is 15.9 Å². The molecular formula is C15H14BrNO4. The van der Waals surface area contributed by atoms with Crippen molar-refractivity contribution in [3.8, 4) is 5.75 Å². The van der Waals surface area contributed by atoms with E-state index in [0.717, 1.165) is 4.47 Å². The number of aryl methyl sites for hydroxylation is 1. The Balaban J connectivity index is 1.81. The maximum atomic E-state index is 11.7. The van der Waals surface area contributed by atoms with Crippen LogP contribution in [-0.2, 0) is 11.8 Å². The third-order valence-electron chi connectivity index (χ3n) is 2.72. The minimum absolute atomic E-state index is 0.112. The second kappa shape index (κ2) is 7.08. The first-order valence-electron chi connectivity index (χ1n) is 6.28. The molecule has 0 N–H and O–H groups in total. The van der Waals surface area contributed by atoms with Gasteiger partial charge in [-0.2, -0.15) is 0 Å². The molecule has 1 heterocycles. The number of carbonyl (C=O) groups excluding carboxylic acids is 1. The number of rotatable bonds is 5. The first-order chi connectivity index (χ1) is 10.1. The monoisotopic (exact) mass is 351 g/mol. The molecule has 0 atom stereocenters. The van der Waals surface area contributed by atoms with E-state index in [1.165, 1.54) is 16.8 Å². The van der Waals surface area contributed by atoms with Crippen molar-refractivity contribution >= 4 is 21.9 Å². The van der Waals surface area contributed by atoms with Crippen molar-refractivity contribution in [2.75, 3.05) is 13.2 Å². The molecule has 5 nitrogen and oxygen atoms in total. The fourth-order valence-corrected chi connectivity index (χ4v) is 1.99. The van der Waals surface area contributed by atoms with Crippen LogP contribution in [-0.4, -0.2) is 23.8 Å². The van der Waals surface area contributed by atoms with Crippen molar-refractivity contribution in [3.63, 3.8) is 0 Å². The topological polar surface area (TPSA) is 57.5 Å². The van der Waals surface area contributed by atoms with Gasteiger partial charge >= 0.3 is 5.97 Å². The Bertz CT molecular complexity index is 696. The lowest BCUT2D eigenvalue weighted by Gasteiger charge is -2.08. The molecule has 0 saturated heterocycles. The Kier molecular flexibility index (Phi) is 5.16. The molecule has 0 aliphatic heterocycles. The summed E-state index contributed by atoms with van der Waals surface area (Å²) in [6.07, 6.45) is 1.52. The number of benzene rings is 1. The summed E-state index contributed by atoms with van der Waals surface area (Å²) in [5.74, 6) is 0.152. The number of ether oxygens (including phenoxy) is 2. The van der Waals surface area contributed by atoms with Gasteiger partial charge in [-0.15, -0.1) is 0 Å². The van der Waals surface area contributed by atoms with Crippen LogP contribution in [0.3, 0.4) is 0 Å². The Hall–Kier alpha value is -2.08. The van der Waals surface area contributed by atoms with E-state index < -0.39 is 5.97 Å². The standard InChI is InChI=1S/C15H14BrNO4/c1-17-6-5-11(9-14(17)18)15(19)21-8-7-20-13-4-2-3-12(16)10-13/h2-6,9-10H,7-8H2,1H3. The minimum atomic E-state index is -0.537. The highest BCUT2D eigenvalue weighted by Crippen LogP contribution is 2.17. The van der Waals surface area contributed by atoms with Gasteiger partial charge in [0, 0.05) is 23.8 Å². The van der Waals surface area contributed by atoms with E-state index in [9.17, 15) is 9.59 Å². The van der Waals surface area contributed by atoms with Crippen LogP contribution in [0.25, 0.3) is 0 Å². The van der Waals surface area contributed by atoms with E-state index >= 15 is 0 Å². The van der Waals surface area contributed by atoms with E-state index in [1.807, 2.05) is 24.3 Å². The molecule has 0 saturated carbocycles. The highest BCUT2D eigenvalue weighted by atomic mass is 79.9. The van der Waals surface area contributed by atoms with Gasteiger partial charge in [-0.05, 0) is 24.3 Å². The molecule has 0 fully saturated rings. The number of carbonyl (C=O) groups is 1. The van der Waals surface area contributed by atoms with Crippen molar-refractivity contribution < 1.29 is 14.3 Å². The van der Waals surface area contributed by atoms with Crippen molar-refractivity contribution in [2.45, 2.75) is 0 Å². The first-order valence-corrected chi connectivity index (χ1v) is 7.08. The van der Waals surface area contributed by atoms with E-state index in [-0.39, 0.29) is 24.3 Å². The lowest BCUT2D eigenvalue weighted by molar-refractivity contribution is 0.0450. The molecule has 0 aliphatic carbocycles. The summed E-state index contributed by atoms with van der Waals surface area (Å²) >= 11 is 3.34. The summed E-state index contributed by atoms with van der Waals surface area (Å²) in [4.78, 5) is 23.2. The molecule has 21 heavy (non-hydrogen) atoms. The van der Waals surface area contributed by atoms with Crippen LogP contribution in [0.4, 0.5) is 0 Å². The summed E-state index contributed by atoms with van der Waals surface area (Å²) in [5, 5.41) is 0. The molecule has 110 valence electrons. The summed E-state index contributed by atoms with van der Waals surface area (Å²) in [6.45, 7) is 0.355. The Morgan fingerprint density at radius 2 is 2.05 bits per heavy atom. The first kappa shape index (κ1) is 15.3. The third-order valence-corrected chi connectivity index (χ3v) is 3.21. The molecule has 1 aromatic heterocycles. The quantitative estimate of drug-likeness (QED) is 0.613. The van der Waals surface area contributed by atoms with Crippen LogP contribution < -0.4 is 10.3 Å². The number of hydrogen-bond donors (Lipinski definition) is 0. The normalized spacial score (nSPS) is 10.2. The van der Waals surface area contributed by atoms with E-state index in [4.69, 9.17) is 9.47 Å². The van der Waals surface area contributed by atoms with Crippen LogP contribution in [0.2, 0.25) is 0 Å². The molecule has 0 spiro atoms. The maximum absolute atomic E-state index is 11.7. The predicted octanol–water partition coefficient (Wildman–Crippen LogP) is 2.38. The molecule has 6 heteroatoms. The van der Waals surface area contributed by atoms with Crippen molar-refractivity contribution in [1.29, 1.82) is 0 Å². The number of hydrogen-bond acceptors (Lipinski definition) is 4. The zero-order valence-electron chi connectivity index (χ0n) is 11.4. The molecule has 0 unspecified atom stereocenters. The van der Waals surface area contributed by atoms with Crippen molar-refractivity contribution in [1.82, 2.24) is 4.57 Å². The molecule has 1 aromatic carbocycles. The van der Waals surface area contributed by atoms with Crippen LogP contribution in [0.5, 0.6) is 5.75 Å². The minimum Gasteiger partial charge on any atom is -0.490 e. The number of aromatic nitrogens is 1. The lowest BCUT2D eigenvalue weighted by Crippen LogP contribution is -2.19. The summed E-state index contributed by atoms with van der Waals surface area (Å²) in [5.41, 5.74) is -0.0182. The van der Waals surface area contributed by atoms with Crippen molar-refractivity contribution in [3.05, 3.63) is 63.0 Å². The van der Waals surface area contributed by atoms with Gasteiger partial charge in [-0.25, -0.2) is 4.79 Å². The van der Waals surface area contributed by atoms with E-state index in [1.54, 1.807) is 13.1 Å². The third kappa shape index (κ3) is 4.46. The molecule has 0 aliphatic rings. The largest absolute Gasteiger partial charge is 0.490 e. The fourth-order valence-electron chi connectivity index (χ4n) is 1.61. The van der Waals surface area contributed by atoms with E-state index in [0.29, 0.717) is 5.75 Å². The second-order valence-corrected chi connectivity index (χ2v) is 5.22. The zero-order chi connectivity index (χ0) is 15.2. The van der Waals surface area contributed by atoms with Crippen LogP contribution >= 0.6 is 15.9 Å². The average molecular weight is 352 g/mol. The van der Waals surface area contributed by atoms with Gasteiger partial charge in [-0.1, -0.05) is 22.0 Å². The smallest absolute Gasteiger partial charge is 0.338 e. The van der Waals surface area contributed by atoms with Gasteiger partial charge < -0.3 is 14.0 Å². The highest BCUT2D eigenvalue weighted by molar-refractivity contribution is 9.10. The molecule has 2 rings (SSSR count). The van der Waals surface area contributed by atoms with Crippen LogP contribution in [0, 0.1) is 0 Å². The van der Waals surface area contributed by atoms with Gasteiger partial charge in [0.1, 0.15) is 19.0 Å². The molecule has 2 aromatic rings. The predicted molar refractivity (Wildman–Crippen MR) is 81.6 cm³/mol. The van der Waals surface area contributed by atoms with Gasteiger partial charge in [-0.3, -0.25) is 4.79 Å². The van der Waals surface area contributed by atoms with Gasteiger partial charge in [0.25, 0.3) is 5.56 Å². The van der Waals surface area contributed by atoms with Crippen molar-refractivity contribution in [2.24, 2.45) is 7.05 Å².